The van der Waals surface area contributed by atoms with Gasteiger partial charge in [0.15, 0.2) is 0 Å². The number of hydrogen-bond donors (Lipinski definition) is 1. The van der Waals surface area contributed by atoms with Gasteiger partial charge >= 0.3 is 12.1 Å². The van der Waals surface area contributed by atoms with Crippen LogP contribution >= 0.6 is 0 Å². The standard InChI is InChI=1S/C17H24N2O5/c1-5-23-16(21)12(2)18-15(20)13(3)19(4)17(22)24-11-14-9-7-6-8-10-14/h6-10,12-13H,5,11H2,1-4H3,(H,18,20)/t12-,13-/m0/s1. The van der Waals surface area contributed by atoms with E-state index in [1.54, 1.807) is 13.8 Å². The Morgan fingerprint density at radius 1 is 1.12 bits per heavy atom. The molecule has 2 atom stereocenters. The number of nitrogens with zero attached hydrogens (tertiary/aromatic N) is 1. The highest BCUT2D eigenvalue weighted by Crippen LogP contribution is 2.05. The molecule has 0 radical (unpaired) electrons. The molecule has 0 aliphatic rings. The van der Waals surface area contributed by atoms with Gasteiger partial charge in [-0.2, -0.15) is 0 Å². The highest BCUT2D eigenvalue weighted by atomic mass is 16.6. The Morgan fingerprint density at radius 3 is 2.33 bits per heavy atom. The second-order valence-corrected chi connectivity index (χ2v) is 5.31. The predicted octanol–water partition coefficient (Wildman–Crippen LogP) is 1.71. The fourth-order valence-electron chi connectivity index (χ4n) is 1.82. The first-order valence-electron chi connectivity index (χ1n) is 7.77. The first-order chi connectivity index (χ1) is 11.4. The normalized spacial score (nSPS) is 12.7. The lowest BCUT2D eigenvalue weighted by Gasteiger charge is -2.24. The van der Waals surface area contributed by atoms with Gasteiger partial charge in [0.2, 0.25) is 5.91 Å². The number of carbonyl (C=O) groups excluding carboxylic acids is 3. The topological polar surface area (TPSA) is 84.9 Å². The monoisotopic (exact) mass is 336 g/mol. The van der Waals surface area contributed by atoms with Gasteiger partial charge in [-0.05, 0) is 26.3 Å². The first kappa shape index (κ1) is 19.5. The summed E-state index contributed by atoms with van der Waals surface area (Å²) < 4.78 is 9.99. The van der Waals surface area contributed by atoms with E-state index in [9.17, 15) is 14.4 Å². The molecule has 0 aromatic heterocycles. The number of benzene rings is 1. The molecular weight excluding hydrogens is 312 g/mol. The van der Waals surface area contributed by atoms with E-state index in [0.29, 0.717) is 0 Å². The van der Waals surface area contributed by atoms with Crippen LogP contribution in [-0.2, 0) is 25.7 Å². The minimum atomic E-state index is -0.787. The van der Waals surface area contributed by atoms with Crippen molar-refractivity contribution in [1.29, 1.82) is 0 Å². The van der Waals surface area contributed by atoms with Gasteiger partial charge in [0, 0.05) is 7.05 Å². The molecule has 0 heterocycles. The Labute approximate surface area is 141 Å². The molecule has 132 valence electrons. The van der Waals surface area contributed by atoms with E-state index in [4.69, 9.17) is 9.47 Å². The Hall–Kier alpha value is -2.57. The molecule has 0 spiro atoms. The maximum Gasteiger partial charge on any atom is 0.410 e. The van der Waals surface area contributed by atoms with E-state index in [0.717, 1.165) is 5.56 Å². The molecule has 1 aromatic rings. The van der Waals surface area contributed by atoms with E-state index in [1.807, 2.05) is 30.3 Å². The van der Waals surface area contributed by atoms with Gasteiger partial charge in [0.05, 0.1) is 6.61 Å². The number of likely N-dealkylation sites (N-methyl/N-ethyl adjacent to an activating group) is 1. The molecule has 7 heteroatoms. The quantitative estimate of drug-likeness (QED) is 0.766. The van der Waals surface area contributed by atoms with Crippen LogP contribution in [0.1, 0.15) is 26.3 Å². The molecule has 7 nitrogen and oxygen atoms in total. The smallest absolute Gasteiger partial charge is 0.410 e. The lowest BCUT2D eigenvalue weighted by Crippen LogP contribution is -2.50. The van der Waals surface area contributed by atoms with Crippen LogP contribution in [0.2, 0.25) is 0 Å². The summed E-state index contributed by atoms with van der Waals surface area (Å²) in [6.45, 7) is 5.12. The molecule has 0 aliphatic heterocycles. The van der Waals surface area contributed by atoms with E-state index < -0.39 is 30.1 Å². The van der Waals surface area contributed by atoms with Crippen LogP contribution in [0, 0.1) is 0 Å². The Bertz CT molecular complexity index is 561. The van der Waals surface area contributed by atoms with Crippen LogP contribution in [0.5, 0.6) is 0 Å². The van der Waals surface area contributed by atoms with E-state index in [-0.39, 0.29) is 13.2 Å². The van der Waals surface area contributed by atoms with E-state index in [1.165, 1.54) is 18.9 Å². The SMILES string of the molecule is CCOC(=O)[C@H](C)NC(=O)[C@H](C)N(C)C(=O)OCc1ccccc1. The number of carbonyl (C=O) groups is 3. The molecule has 0 aliphatic carbocycles. The average molecular weight is 336 g/mol. The van der Waals surface area contributed by atoms with Gasteiger partial charge in [-0.15, -0.1) is 0 Å². The number of nitrogens with one attached hydrogen (secondary N) is 1. The third kappa shape index (κ3) is 5.91. The summed E-state index contributed by atoms with van der Waals surface area (Å²) in [7, 11) is 1.46. The van der Waals surface area contributed by atoms with Crippen LogP contribution in [0.15, 0.2) is 30.3 Å². The van der Waals surface area contributed by atoms with Crippen molar-refractivity contribution in [3.63, 3.8) is 0 Å². The lowest BCUT2D eigenvalue weighted by molar-refractivity contribution is -0.147. The summed E-state index contributed by atoms with van der Waals surface area (Å²) in [5, 5.41) is 2.51. The predicted molar refractivity (Wildman–Crippen MR) is 88.1 cm³/mol. The molecule has 2 amide bonds. The Balaban J connectivity index is 2.49. The fourth-order valence-corrected chi connectivity index (χ4v) is 1.82. The van der Waals surface area contributed by atoms with Gasteiger partial charge in [-0.1, -0.05) is 30.3 Å². The maximum atomic E-state index is 12.1. The molecule has 0 saturated heterocycles. The number of amides is 2. The van der Waals surface area contributed by atoms with Gasteiger partial charge < -0.3 is 14.8 Å². The Morgan fingerprint density at radius 2 is 1.75 bits per heavy atom. The second-order valence-electron chi connectivity index (χ2n) is 5.31. The molecule has 1 N–H and O–H groups in total. The van der Waals surface area contributed by atoms with Gasteiger partial charge in [0.1, 0.15) is 18.7 Å². The van der Waals surface area contributed by atoms with Crippen LogP contribution in [0.3, 0.4) is 0 Å². The zero-order chi connectivity index (χ0) is 18.1. The molecule has 1 aromatic carbocycles. The minimum absolute atomic E-state index is 0.123. The first-order valence-corrected chi connectivity index (χ1v) is 7.77. The van der Waals surface area contributed by atoms with Crippen molar-refractivity contribution < 1.29 is 23.9 Å². The summed E-state index contributed by atoms with van der Waals surface area (Å²) in [5.41, 5.74) is 0.854. The van der Waals surface area contributed by atoms with Crippen LogP contribution in [-0.4, -0.2) is 48.6 Å². The Kier molecular flexibility index (Phi) is 7.74. The van der Waals surface area contributed by atoms with Crippen molar-refractivity contribution in [2.24, 2.45) is 0 Å². The third-order valence-electron chi connectivity index (χ3n) is 3.45. The summed E-state index contributed by atoms with van der Waals surface area (Å²) in [6, 6.07) is 7.67. The number of ether oxygens (including phenoxy) is 2. The summed E-state index contributed by atoms with van der Waals surface area (Å²) in [6.07, 6.45) is -0.620. The van der Waals surface area contributed by atoms with Crippen LogP contribution in [0.4, 0.5) is 4.79 Å². The minimum Gasteiger partial charge on any atom is -0.464 e. The summed E-state index contributed by atoms with van der Waals surface area (Å²) >= 11 is 0. The van der Waals surface area contributed by atoms with Crippen molar-refractivity contribution >= 4 is 18.0 Å². The third-order valence-corrected chi connectivity index (χ3v) is 3.45. The van der Waals surface area contributed by atoms with Gasteiger partial charge in [-0.25, -0.2) is 9.59 Å². The molecular formula is C17H24N2O5. The number of esters is 1. The second kappa shape index (κ2) is 9.54. The van der Waals surface area contributed by atoms with Crippen LogP contribution < -0.4 is 5.32 Å². The van der Waals surface area contributed by atoms with Gasteiger partial charge in [-0.3, -0.25) is 9.69 Å². The average Bonchev–Trinajstić information content (AvgIpc) is 2.59. The molecule has 0 bridgehead atoms. The number of rotatable bonds is 7. The molecule has 0 unspecified atom stereocenters. The highest BCUT2D eigenvalue weighted by molar-refractivity contribution is 5.89. The fraction of sp³-hybridized carbons (Fsp3) is 0.471. The van der Waals surface area contributed by atoms with Crippen molar-refractivity contribution in [3.8, 4) is 0 Å². The van der Waals surface area contributed by atoms with Crippen molar-refractivity contribution in [2.75, 3.05) is 13.7 Å². The maximum absolute atomic E-state index is 12.1. The molecule has 0 saturated carbocycles. The summed E-state index contributed by atoms with van der Waals surface area (Å²) in [5.74, 6) is -0.984. The number of hydrogen-bond acceptors (Lipinski definition) is 5. The largest absolute Gasteiger partial charge is 0.464 e. The van der Waals surface area contributed by atoms with E-state index >= 15 is 0 Å². The van der Waals surface area contributed by atoms with Crippen molar-refractivity contribution in [3.05, 3.63) is 35.9 Å². The zero-order valence-electron chi connectivity index (χ0n) is 14.4. The van der Waals surface area contributed by atoms with Gasteiger partial charge in [0.25, 0.3) is 0 Å². The highest BCUT2D eigenvalue weighted by Gasteiger charge is 2.26. The summed E-state index contributed by atoms with van der Waals surface area (Å²) in [4.78, 5) is 36.8. The van der Waals surface area contributed by atoms with Crippen molar-refractivity contribution in [1.82, 2.24) is 10.2 Å². The lowest BCUT2D eigenvalue weighted by atomic mass is 10.2. The zero-order valence-corrected chi connectivity index (χ0v) is 14.4. The molecule has 1 rings (SSSR count). The molecule has 0 fully saturated rings. The van der Waals surface area contributed by atoms with Crippen molar-refractivity contribution in [2.45, 2.75) is 39.5 Å². The van der Waals surface area contributed by atoms with Crippen LogP contribution in [0.25, 0.3) is 0 Å². The molecule has 24 heavy (non-hydrogen) atoms. The van der Waals surface area contributed by atoms with E-state index in [2.05, 4.69) is 5.32 Å².